The molecule has 17 heavy (non-hydrogen) atoms. The molecule has 1 aromatic carbocycles. The van der Waals surface area contributed by atoms with Crippen LogP contribution in [0.25, 0.3) is 0 Å². The number of nitrogens with two attached hydrogens (primary N) is 1. The second-order valence-corrected chi connectivity index (χ2v) is 7.28. The number of hydrogen-bond donors (Lipinski definition) is 1. The molecule has 2 rings (SSSR count). The minimum Gasteiger partial charge on any atom is -0.330 e. The summed E-state index contributed by atoms with van der Waals surface area (Å²) in [6, 6.07) is 7.39. The molecule has 0 heterocycles. The average molecular weight is 274 g/mol. The van der Waals surface area contributed by atoms with E-state index in [9.17, 15) is 8.42 Å². The van der Waals surface area contributed by atoms with Gasteiger partial charge in [-0.15, -0.1) is 0 Å². The molecule has 3 unspecified atom stereocenters. The van der Waals surface area contributed by atoms with Crippen molar-refractivity contribution in [2.75, 3.05) is 12.3 Å². The van der Waals surface area contributed by atoms with Gasteiger partial charge in [-0.3, -0.25) is 0 Å². The smallest absolute Gasteiger partial charge is 0.153 e. The predicted molar refractivity (Wildman–Crippen MR) is 70.0 cm³/mol. The van der Waals surface area contributed by atoms with Crippen molar-refractivity contribution in [1.29, 1.82) is 0 Å². The van der Waals surface area contributed by atoms with Crippen molar-refractivity contribution >= 4 is 21.4 Å². The summed E-state index contributed by atoms with van der Waals surface area (Å²) < 4.78 is 23.8. The van der Waals surface area contributed by atoms with E-state index in [0.29, 0.717) is 11.6 Å². The first-order chi connectivity index (χ1) is 8.01. The van der Waals surface area contributed by atoms with Gasteiger partial charge in [-0.25, -0.2) is 8.42 Å². The van der Waals surface area contributed by atoms with E-state index < -0.39 is 9.84 Å². The van der Waals surface area contributed by atoms with Gasteiger partial charge in [-0.05, 0) is 30.2 Å². The fourth-order valence-corrected chi connectivity index (χ4v) is 4.57. The predicted octanol–water partition coefficient (Wildman–Crippen LogP) is 1.82. The van der Waals surface area contributed by atoms with Crippen LogP contribution in [0.15, 0.2) is 24.3 Å². The van der Waals surface area contributed by atoms with E-state index in [2.05, 4.69) is 0 Å². The highest BCUT2D eigenvalue weighted by molar-refractivity contribution is 7.92. The van der Waals surface area contributed by atoms with Crippen molar-refractivity contribution < 1.29 is 8.42 Å². The van der Waals surface area contributed by atoms with Crippen LogP contribution in [0, 0.1) is 5.92 Å². The molecule has 5 heteroatoms. The molecular formula is C12H16ClNO2S. The molecule has 0 bridgehead atoms. The minimum atomic E-state index is -3.02. The molecule has 0 aliphatic heterocycles. The molecule has 0 spiro atoms. The zero-order valence-electron chi connectivity index (χ0n) is 9.64. The maximum absolute atomic E-state index is 11.9. The van der Waals surface area contributed by atoms with Crippen LogP contribution in [-0.2, 0) is 9.84 Å². The molecule has 2 N–H and O–H groups in total. The van der Waals surface area contributed by atoms with Gasteiger partial charge in [0.15, 0.2) is 9.84 Å². The van der Waals surface area contributed by atoms with E-state index >= 15 is 0 Å². The van der Waals surface area contributed by atoms with Crippen molar-refractivity contribution in [3.05, 3.63) is 34.9 Å². The summed E-state index contributed by atoms with van der Waals surface area (Å²) in [5.74, 6) is 0.229. The largest absolute Gasteiger partial charge is 0.330 e. The topological polar surface area (TPSA) is 60.2 Å². The van der Waals surface area contributed by atoms with Gasteiger partial charge >= 0.3 is 0 Å². The highest BCUT2D eigenvalue weighted by Gasteiger charge is 2.56. The Kier molecular flexibility index (Phi) is 3.48. The molecule has 1 saturated carbocycles. The van der Waals surface area contributed by atoms with E-state index in [4.69, 9.17) is 17.3 Å². The first kappa shape index (κ1) is 12.9. The highest BCUT2D eigenvalue weighted by Crippen LogP contribution is 2.52. The van der Waals surface area contributed by atoms with Gasteiger partial charge in [0.1, 0.15) is 0 Å². The molecule has 3 nitrogen and oxygen atoms in total. The zero-order chi connectivity index (χ0) is 12.6. The molecular weight excluding hydrogens is 258 g/mol. The number of hydrogen-bond acceptors (Lipinski definition) is 3. The summed E-state index contributed by atoms with van der Waals surface area (Å²) in [7, 11) is -3.02. The normalized spacial score (nSPS) is 28.1. The van der Waals surface area contributed by atoms with Crippen LogP contribution in [0.2, 0.25) is 5.02 Å². The number of rotatable bonds is 4. The van der Waals surface area contributed by atoms with Crippen molar-refractivity contribution in [2.45, 2.75) is 18.1 Å². The lowest BCUT2D eigenvalue weighted by Gasteiger charge is -2.01. The number of benzene rings is 1. The SMILES string of the molecule is CCS(=O)(=O)C1C(CN)C1c1cccc(Cl)c1. The van der Waals surface area contributed by atoms with Crippen LogP contribution in [0.3, 0.4) is 0 Å². The Morgan fingerprint density at radius 2 is 2.12 bits per heavy atom. The lowest BCUT2D eigenvalue weighted by Crippen LogP contribution is -2.15. The molecule has 0 radical (unpaired) electrons. The first-order valence-electron chi connectivity index (χ1n) is 5.68. The van der Waals surface area contributed by atoms with Crippen LogP contribution >= 0.6 is 11.6 Å². The van der Waals surface area contributed by atoms with E-state index in [1.807, 2.05) is 18.2 Å². The zero-order valence-corrected chi connectivity index (χ0v) is 11.2. The van der Waals surface area contributed by atoms with Crippen molar-refractivity contribution in [3.8, 4) is 0 Å². The van der Waals surface area contributed by atoms with Crippen molar-refractivity contribution in [1.82, 2.24) is 0 Å². The second-order valence-electron chi connectivity index (χ2n) is 4.40. The summed E-state index contributed by atoms with van der Waals surface area (Å²) in [5, 5.41) is 0.314. The number of sulfone groups is 1. The Labute approximate surface area is 107 Å². The highest BCUT2D eigenvalue weighted by atomic mass is 35.5. The van der Waals surface area contributed by atoms with Gasteiger partial charge in [0, 0.05) is 16.7 Å². The Balaban J connectivity index is 2.29. The first-order valence-corrected chi connectivity index (χ1v) is 7.77. The minimum absolute atomic E-state index is 0.0173. The molecule has 3 atom stereocenters. The molecule has 1 aromatic rings. The van der Waals surface area contributed by atoms with Gasteiger partial charge in [0.2, 0.25) is 0 Å². The third-order valence-corrected chi connectivity index (χ3v) is 5.93. The lowest BCUT2D eigenvalue weighted by atomic mass is 10.1. The second kappa shape index (κ2) is 4.59. The molecule has 0 aromatic heterocycles. The fraction of sp³-hybridized carbons (Fsp3) is 0.500. The van der Waals surface area contributed by atoms with Gasteiger partial charge in [0.25, 0.3) is 0 Å². The molecule has 1 aliphatic carbocycles. The third-order valence-electron chi connectivity index (χ3n) is 3.42. The summed E-state index contributed by atoms with van der Waals surface area (Å²) in [4.78, 5) is 0. The molecule has 1 fully saturated rings. The van der Waals surface area contributed by atoms with Crippen molar-refractivity contribution in [3.63, 3.8) is 0 Å². The van der Waals surface area contributed by atoms with Gasteiger partial charge in [0.05, 0.1) is 5.25 Å². The maximum Gasteiger partial charge on any atom is 0.153 e. The third kappa shape index (κ3) is 2.34. The Bertz CT molecular complexity index is 515. The Morgan fingerprint density at radius 3 is 2.65 bits per heavy atom. The van der Waals surface area contributed by atoms with E-state index in [1.165, 1.54) is 0 Å². The monoisotopic (exact) mass is 273 g/mol. The average Bonchev–Trinajstić information content (AvgIpc) is 3.04. The molecule has 0 amide bonds. The van der Waals surface area contributed by atoms with Crippen LogP contribution < -0.4 is 5.73 Å². The van der Waals surface area contributed by atoms with Crippen LogP contribution in [0.5, 0.6) is 0 Å². The quantitative estimate of drug-likeness (QED) is 0.910. The summed E-state index contributed by atoms with van der Waals surface area (Å²) in [5.41, 5.74) is 6.63. The summed E-state index contributed by atoms with van der Waals surface area (Å²) >= 11 is 5.92. The fourth-order valence-electron chi connectivity index (χ4n) is 2.46. The van der Waals surface area contributed by atoms with Crippen LogP contribution in [0.1, 0.15) is 18.4 Å². The molecule has 1 aliphatic rings. The van der Waals surface area contributed by atoms with Crippen molar-refractivity contribution in [2.24, 2.45) is 11.7 Å². The molecule has 0 saturated heterocycles. The standard InChI is InChI=1S/C12H16ClNO2S/c1-2-17(15,16)12-10(7-14)11(12)8-4-3-5-9(13)6-8/h3-6,10-12H,2,7,14H2,1H3. The lowest BCUT2D eigenvalue weighted by molar-refractivity contribution is 0.593. The van der Waals surface area contributed by atoms with Gasteiger partial charge in [-0.1, -0.05) is 30.7 Å². The van der Waals surface area contributed by atoms with E-state index in [1.54, 1.807) is 13.0 Å². The van der Waals surface area contributed by atoms with Crippen LogP contribution in [0.4, 0.5) is 0 Å². The maximum atomic E-state index is 11.9. The summed E-state index contributed by atoms with van der Waals surface area (Å²) in [6.07, 6.45) is 0. The van der Waals surface area contributed by atoms with Gasteiger partial charge < -0.3 is 5.73 Å². The van der Waals surface area contributed by atoms with E-state index in [0.717, 1.165) is 5.56 Å². The summed E-state index contributed by atoms with van der Waals surface area (Å²) in [6.45, 7) is 2.08. The van der Waals surface area contributed by atoms with Crippen LogP contribution in [-0.4, -0.2) is 26.0 Å². The molecule has 94 valence electrons. The van der Waals surface area contributed by atoms with Gasteiger partial charge in [-0.2, -0.15) is 0 Å². The number of halogens is 1. The Hall–Kier alpha value is -0.580. The Morgan fingerprint density at radius 1 is 1.41 bits per heavy atom. The van der Waals surface area contributed by atoms with E-state index in [-0.39, 0.29) is 22.8 Å².